The second-order valence-electron chi connectivity index (χ2n) is 6.98. The van der Waals surface area contributed by atoms with Crippen LogP contribution in [0, 0.1) is 0 Å². The van der Waals surface area contributed by atoms with Gasteiger partial charge < -0.3 is 14.2 Å². The lowest BCUT2D eigenvalue weighted by Gasteiger charge is -1.97. The highest BCUT2D eigenvalue weighted by Crippen LogP contribution is 2.20. The van der Waals surface area contributed by atoms with Gasteiger partial charge in [0.1, 0.15) is 17.2 Å². The summed E-state index contributed by atoms with van der Waals surface area (Å²) in [6.07, 6.45) is 0. The van der Waals surface area contributed by atoms with Crippen molar-refractivity contribution < 1.29 is 53.1 Å². The zero-order valence-corrected chi connectivity index (χ0v) is 26.0. The standard InChI is InChI=1S/3C7H8N2O4S.Al/c3*1-13-7-4-2-6(3-5-7)8-9-14(10,11)12;/h3*2-5H,1H3,(H,10,11,12);. The van der Waals surface area contributed by atoms with Crippen LogP contribution in [0.25, 0.3) is 0 Å². The largest absolute Gasteiger partial charge is 0.497 e. The molecule has 0 heterocycles. The van der Waals surface area contributed by atoms with Gasteiger partial charge in [-0.25, -0.2) is 0 Å². The Bertz CT molecular complexity index is 1480. The lowest BCUT2D eigenvalue weighted by Crippen LogP contribution is -1.87. The van der Waals surface area contributed by atoms with Crippen molar-refractivity contribution in [2.75, 3.05) is 21.3 Å². The predicted molar refractivity (Wildman–Crippen MR) is 153 cm³/mol. The van der Waals surface area contributed by atoms with Gasteiger partial charge >= 0.3 is 30.9 Å². The minimum Gasteiger partial charge on any atom is -0.497 e. The Morgan fingerprint density at radius 1 is 0.442 bits per heavy atom. The quantitative estimate of drug-likeness (QED) is 0.162. The summed E-state index contributed by atoms with van der Waals surface area (Å²) in [4.78, 5) is 0. The van der Waals surface area contributed by atoms with Crippen molar-refractivity contribution in [2.24, 2.45) is 28.9 Å². The molecule has 3 radical (unpaired) electrons. The number of hydrogen-bond donors (Lipinski definition) is 3. The third-order valence-electron chi connectivity index (χ3n) is 4.00. The Balaban J connectivity index is 0.000000608. The van der Waals surface area contributed by atoms with E-state index in [-0.39, 0.29) is 17.4 Å². The van der Waals surface area contributed by atoms with Crippen LogP contribution in [0.2, 0.25) is 0 Å². The number of methoxy groups -OCH3 is 3. The lowest BCUT2D eigenvalue weighted by molar-refractivity contribution is 0.414. The summed E-state index contributed by atoms with van der Waals surface area (Å²) >= 11 is 0. The SMILES string of the molecule is COc1ccc(N=NS(=O)(=O)O)cc1.COc1ccc(N=NS(=O)(=O)O)cc1.COc1ccc(N=NS(=O)(=O)O)cc1.[Al]. The highest BCUT2D eigenvalue weighted by molar-refractivity contribution is 7.84. The van der Waals surface area contributed by atoms with Gasteiger partial charge in [-0.15, -0.1) is 15.3 Å². The Hall–Kier alpha value is -3.88. The van der Waals surface area contributed by atoms with Gasteiger partial charge in [-0.05, 0) is 86.4 Å². The van der Waals surface area contributed by atoms with E-state index in [2.05, 4.69) is 28.9 Å². The topological polar surface area (TPSA) is 265 Å². The Kier molecular flexibility index (Phi) is 16.9. The van der Waals surface area contributed by atoms with Crippen molar-refractivity contribution in [3.63, 3.8) is 0 Å². The van der Waals surface area contributed by atoms with Crippen LogP contribution in [-0.4, -0.2) is 77.6 Å². The molecule has 43 heavy (non-hydrogen) atoms. The molecule has 0 spiro atoms. The van der Waals surface area contributed by atoms with E-state index in [9.17, 15) is 25.3 Å². The first-order valence-corrected chi connectivity index (χ1v) is 14.9. The third-order valence-corrected chi connectivity index (χ3v) is 4.86. The summed E-state index contributed by atoms with van der Waals surface area (Å²) in [6.45, 7) is 0. The zero-order valence-electron chi connectivity index (χ0n) is 22.4. The van der Waals surface area contributed by atoms with Gasteiger partial charge in [0.15, 0.2) is 0 Å². The molecule has 3 rings (SSSR count). The van der Waals surface area contributed by atoms with Crippen molar-refractivity contribution in [1.29, 1.82) is 0 Å². The average molecular weight is 676 g/mol. The molecule has 0 aliphatic heterocycles. The molecule has 3 N–H and O–H groups in total. The fourth-order valence-electron chi connectivity index (χ4n) is 2.24. The van der Waals surface area contributed by atoms with E-state index in [0.717, 1.165) is 0 Å². The first kappa shape index (κ1) is 39.1. The van der Waals surface area contributed by atoms with Crippen LogP contribution in [0.1, 0.15) is 0 Å². The highest BCUT2D eigenvalue weighted by Gasteiger charge is 2.00. The van der Waals surface area contributed by atoms with Gasteiger partial charge in [0.05, 0.1) is 38.4 Å². The Labute approximate surface area is 257 Å². The van der Waals surface area contributed by atoms with E-state index in [0.29, 0.717) is 34.3 Å². The minimum absolute atomic E-state index is 0. The molecular formula is C21H24AlN6O12S3. The summed E-state index contributed by atoms with van der Waals surface area (Å²) in [5, 5.41) is 9.85. The Morgan fingerprint density at radius 2 is 0.628 bits per heavy atom. The highest BCUT2D eigenvalue weighted by atomic mass is 32.2. The van der Waals surface area contributed by atoms with E-state index in [1.54, 1.807) is 36.4 Å². The molecule has 22 heteroatoms. The molecule has 0 aliphatic carbocycles. The van der Waals surface area contributed by atoms with Crippen LogP contribution in [0.4, 0.5) is 17.1 Å². The fourth-order valence-corrected chi connectivity index (χ4v) is 2.84. The molecule has 18 nitrogen and oxygen atoms in total. The van der Waals surface area contributed by atoms with Crippen molar-refractivity contribution >= 4 is 65.3 Å². The number of benzene rings is 3. The zero-order chi connectivity index (χ0) is 31.8. The number of hydrogen-bond acceptors (Lipinski definition) is 12. The summed E-state index contributed by atoms with van der Waals surface area (Å²) in [5.41, 5.74) is 0.926. The van der Waals surface area contributed by atoms with Gasteiger partial charge in [0, 0.05) is 17.4 Å². The van der Waals surface area contributed by atoms with Crippen molar-refractivity contribution in [1.82, 2.24) is 0 Å². The van der Waals surface area contributed by atoms with Crippen LogP contribution in [0.5, 0.6) is 17.2 Å². The van der Waals surface area contributed by atoms with Crippen LogP contribution >= 0.6 is 0 Å². The summed E-state index contributed by atoms with van der Waals surface area (Å²) in [7, 11) is -8.71. The molecule has 231 valence electrons. The maximum Gasteiger partial charge on any atom is 0.396 e. The van der Waals surface area contributed by atoms with E-state index in [1.165, 1.54) is 57.7 Å². The maximum absolute atomic E-state index is 10.2. The van der Waals surface area contributed by atoms with Gasteiger partial charge in [-0.2, -0.15) is 25.3 Å². The van der Waals surface area contributed by atoms with Crippen molar-refractivity contribution in [3.8, 4) is 17.2 Å². The minimum atomic E-state index is -4.41. The first-order chi connectivity index (χ1) is 19.5. The smallest absolute Gasteiger partial charge is 0.396 e. The Morgan fingerprint density at radius 3 is 0.767 bits per heavy atom. The van der Waals surface area contributed by atoms with Crippen LogP contribution in [0.15, 0.2) is 102 Å². The summed E-state index contributed by atoms with van der Waals surface area (Å²) < 4.78 is 109. The second kappa shape index (κ2) is 18.6. The van der Waals surface area contributed by atoms with Gasteiger partial charge in [0.25, 0.3) is 0 Å². The molecular weight excluding hydrogens is 651 g/mol. The van der Waals surface area contributed by atoms with E-state index in [1.807, 2.05) is 0 Å². The van der Waals surface area contributed by atoms with Gasteiger partial charge in [-0.1, -0.05) is 0 Å². The summed E-state index contributed by atoms with van der Waals surface area (Å²) in [6, 6.07) is 18.6. The summed E-state index contributed by atoms with van der Waals surface area (Å²) in [5.74, 6) is 1.86. The average Bonchev–Trinajstić information content (AvgIpc) is 2.94. The van der Waals surface area contributed by atoms with Crippen molar-refractivity contribution in [3.05, 3.63) is 72.8 Å². The van der Waals surface area contributed by atoms with E-state index in [4.69, 9.17) is 27.9 Å². The van der Waals surface area contributed by atoms with Gasteiger partial charge in [0.2, 0.25) is 0 Å². The van der Waals surface area contributed by atoms with E-state index < -0.39 is 30.9 Å². The molecule has 0 unspecified atom stereocenters. The monoisotopic (exact) mass is 675 g/mol. The maximum atomic E-state index is 10.2. The first-order valence-electron chi connectivity index (χ1n) is 10.7. The molecule has 0 saturated carbocycles. The third kappa shape index (κ3) is 19.8. The van der Waals surface area contributed by atoms with Crippen LogP contribution in [-0.2, 0) is 30.9 Å². The molecule has 0 bridgehead atoms. The molecule has 0 fully saturated rings. The van der Waals surface area contributed by atoms with Crippen LogP contribution < -0.4 is 14.2 Å². The predicted octanol–water partition coefficient (Wildman–Crippen LogP) is 4.36. The van der Waals surface area contributed by atoms with Gasteiger partial charge in [-0.3, -0.25) is 13.7 Å². The van der Waals surface area contributed by atoms with Crippen LogP contribution in [0.3, 0.4) is 0 Å². The normalized spacial score (nSPS) is 11.6. The molecule has 0 atom stereocenters. The molecule has 3 aromatic carbocycles. The second-order valence-corrected chi connectivity index (χ2v) is 10.2. The molecule has 0 amide bonds. The molecule has 3 aromatic rings. The number of nitrogens with zero attached hydrogens (tertiary/aromatic N) is 6. The van der Waals surface area contributed by atoms with Crippen molar-refractivity contribution in [2.45, 2.75) is 0 Å². The van der Waals surface area contributed by atoms with E-state index >= 15 is 0 Å². The lowest BCUT2D eigenvalue weighted by atomic mass is 10.3. The number of rotatable bonds is 9. The molecule has 0 aromatic heterocycles. The molecule has 0 aliphatic rings. The number of ether oxygens (including phenoxy) is 3. The molecule has 0 saturated heterocycles. The fraction of sp³-hybridized carbons (Fsp3) is 0.143.